The molecule has 27 heavy (non-hydrogen) atoms. The third kappa shape index (κ3) is 4.10. The number of nitrogens with one attached hydrogen (secondary N) is 1. The number of carboxylic acids is 1. The van der Waals surface area contributed by atoms with Gasteiger partial charge in [0.05, 0.1) is 17.3 Å². The molecule has 3 rings (SSSR count). The van der Waals surface area contributed by atoms with Gasteiger partial charge in [0.25, 0.3) is 5.91 Å². The van der Waals surface area contributed by atoms with E-state index in [0.717, 1.165) is 22.9 Å². The third-order valence-electron chi connectivity index (χ3n) is 5.06. The largest absolute Gasteiger partial charge is 0.480 e. The lowest BCUT2D eigenvalue weighted by Crippen LogP contribution is -2.43. The van der Waals surface area contributed by atoms with Gasteiger partial charge in [-0.3, -0.25) is 19.5 Å². The zero-order valence-electron chi connectivity index (χ0n) is 15.6. The fourth-order valence-corrected chi connectivity index (χ4v) is 3.78. The van der Waals surface area contributed by atoms with Crippen LogP contribution in [0.25, 0.3) is 10.9 Å². The number of H-pyrrole nitrogens is 1. The molecule has 0 saturated carbocycles. The first kappa shape index (κ1) is 18.9. The maximum atomic E-state index is 13.1. The first-order valence-corrected chi connectivity index (χ1v) is 9.09. The van der Waals surface area contributed by atoms with Crippen LogP contribution in [-0.2, 0) is 9.59 Å². The quantitative estimate of drug-likeness (QED) is 0.851. The van der Waals surface area contributed by atoms with Gasteiger partial charge in [-0.15, -0.1) is 0 Å². The average Bonchev–Trinajstić information content (AvgIpc) is 2.94. The molecule has 144 valence electrons. The number of aliphatic carboxylic acids is 1. The summed E-state index contributed by atoms with van der Waals surface area (Å²) in [5.41, 5.74) is 2.31. The van der Waals surface area contributed by atoms with Gasteiger partial charge in [0.2, 0.25) is 5.91 Å². The number of aromatic amines is 1. The highest BCUT2D eigenvalue weighted by Gasteiger charge is 2.28. The number of hydrogen-bond acceptors (Lipinski definition) is 4. The molecule has 2 aromatic rings. The molecule has 1 aliphatic rings. The number of rotatable bonds is 4. The van der Waals surface area contributed by atoms with Crippen LogP contribution in [0, 0.1) is 6.92 Å². The molecule has 1 unspecified atom stereocenters. The molecule has 2 N–H and O–H groups in total. The second-order valence-electron chi connectivity index (χ2n) is 7.06. The molecule has 0 aliphatic carbocycles. The van der Waals surface area contributed by atoms with E-state index in [2.05, 4.69) is 10.2 Å². The molecule has 1 aromatic heterocycles. The Labute approximate surface area is 157 Å². The molecule has 8 heteroatoms. The fourth-order valence-electron chi connectivity index (χ4n) is 3.78. The number of amides is 2. The standard InChI is InChI=1S/C19H24N4O4/c1-12-8-14-10-20-21-18(14)16(9-12)19(27)22-6-3-4-15(5-7-22)23(13(2)24)11-17(25)26/h8-10,15H,3-7,11H2,1-2H3,(H,20,21)(H,25,26). The van der Waals surface area contributed by atoms with Crippen molar-refractivity contribution in [1.29, 1.82) is 0 Å². The Kier molecular flexibility index (Phi) is 5.43. The van der Waals surface area contributed by atoms with E-state index in [9.17, 15) is 14.4 Å². The highest BCUT2D eigenvalue weighted by Crippen LogP contribution is 2.23. The minimum atomic E-state index is -1.02. The number of aromatic nitrogens is 2. The Balaban J connectivity index is 1.77. The summed E-state index contributed by atoms with van der Waals surface area (Å²) < 4.78 is 0. The molecule has 1 fully saturated rings. The van der Waals surface area contributed by atoms with Gasteiger partial charge in [-0.1, -0.05) is 0 Å². The molecule has 1 aliphatic heterocycles. The normalized spacial score (nSPS) is 17.6. The van der Waals surface area contributed by atoms with Crippen LogP contribution in [0.2, 0.25) is 0 Å². The topological polar surface area (TPSA) is 107 Å². The number of carboxylic acid groups (broad SMARTS) is 1. The number of carbonyl (C=O) groups excluding carboxylic acids is 2. The monoisotopic (exact) mass is 372 g/mol. The minimum Gasteiger partial charge on any atom is -0.480 e. The average molecular weight is 372 g/mol. The lowest BCUT2D eigenvalue weighted by atomic mass is 10.1. The van der Waals surface area contributed by atoms with E-state index in [-0.39, 0.29) is 24.4 Å². The van der Waals surface area contributed by atoms with E-state index in [1.807, 2.05) is 19.1 Å². The van der Waals surface area contributed by atoms with Crippen molar-refractivity contribution >= 4 is 28.7 Å². The molecule has 0 spiro atoms. The Morgan fingerprint density at radius 3 is 2.78 bits per heavy atom. The molecule has 1 aromatic carbocycles. The number of likely N-dealkylation sites (tertiary alicyclic amines) is 1. The van der Waals surface area contributed by atoms with Crippen molar-refractivity contribution in [3.63, 3.8) is 0 Å². The molecule has 1 atom stereocenters. The van der Waals surface area contributed by atoms with Gasteiger partial charge >= 0.3 is 5.97 Å². The maximum Gasteiger partial charge on any atom is 0.323 e. The number of benzene rings is 1. The van der Waals surface area contributed by atoms with Gasteiger partial charge in [0.1, 0.15) is 6.54 Å². The van der Waals surface area contributed by atoms with Gasteiger partial charge in [0.15, 0.2) is 0 Å². The maximum absolute atomic E-state index is 13.1. The van der Waals surface area contributed by atoms with Crippen LogP contribution in [0.4, 0.5) is 0 Å². The summed E-state index contributed by atoms with van der Waals surface area (Å²) in [7, 11) is 0. The zero-order chi connectivity index (χ0) is 19.6. The Morgan fingerprint density at radius 1 is 1.30 bits per heavy atom. The number of hydrogen-bond donors (Lipinski definition) is 2. The predicted molar refractivity (Wildman–Crippen MR) is 99.4 cm³/mol. The first-order chi connectivity index (χ1) is 12.9. The second-order valence-corrected chi connectivity index (χ2v) is 7.06. The molecule has 8 nitrogen and oxygen atoms in total. The van der Waals surface area contributed by atoms with Crippen LogP contribution in [0.3, 0.4) is 0 Å². The van der Waals surface area contributed by atoms with E-state index in [0.29, 0.717) is 31.5 Å². The Hall–Kier alpha value is -2.90. The van der Waals surface area contributed by atoms with E-state index in [1.54, 1.807) is 11.1 Å². The lowest BCUT2D eigenvalue weighted by molar-refractivity contribution is -0.145. The lowest BCUT2D eigenvalue weighted by Gasteiger charge is -2.29. The number of aryl methyl sites for hydroxylation is 1. The summed E-state index contributed by atoms with van der Waals surface area (Å²) in [6.07, 6.45) is 3.67. The highest BCUT2D eigenvalue weighted by molar-refractivity contribution is 6.05. The molecule has 0 radical (unpaired) electrons. The smallest absolute Gasteiger partial charge is 0.323 e. The van der Waals surface area contributed by atoms with Crippen molar-refractivity contribution in [3.05, 3.63) is 29.5 Å². The molecular formula is C19H24N4O4. The van der Waals surface area contributed by atoms with Crippen LogP contribution < -0.4 is 0 Å². The van der Waals surface area contributed by atoms with Gasteiger partial charge in [-0.2, -0.15) is 5.10 Å². The van der Waals surface area contributed by atoms with Crippen molar-refractivity contribution in [2.24, 2.45) is 0 Å². The van der Waals surface area contributed by atoms with E-state index in [1.165, 1.54) is 11.8 Å². The summed E-state index contributed by atoms with van der Waals surface area (Å²) >= 11 is 0. The Bertz CT molecular complexity index is 876. The number of nitrogens with zero attached hydrogens (tertiary/aromatic N) is 3. The van der Waals surface area contributed by atoms with Crippen molar-refractivity contribution in [3.8, 4) is 0 Å². The molecular weight excluding hydrogens is 348 g/mol. The molecule has 2 amide bonds. The Morgan fingerprint density at radius 2 is 2.07 bits per heavy atom. The SMILES string of the molecule is CC(=O)N(CC(=O)O)C1CCCN(C(=O)c2cc(C)cc3cn[nH]c23)CC1. The summed E-state index contributed by atoms with van der Waals surface area (Å²) in [5, 5.41) is 16.9. The van der Waals surface area contributed by atoms with Crippen LogP contribution in [0.15, 0.2) is 18.3 Å². The predicted octanol–water partition coefficient (Wildman–Crippen LogP) is 1.80. The first-order valence-electron chi connectivity index (χ1n) is 9.09. The van der Waals surface area contributed by atoms with Gasteiger partial charge in [0, 0.05) is 31.4 Å². The minimum absolute atomic E-state index is 0.0683. The van der Waals surface area contributed by atoms with Crippen LogP contribution in [0.1, 0.15) is 42.1 Å². The third-order valence-corrected chi connectivity index (χ3v) is 5.06. The van der Waals surface area contributed by atoms with Crippen molar-refractivity contribution < 1.29 is 19.5 Å². The summed E-state index contributed by atoms with van der Waals surface area (Å²) in [6.45, 7) is 4.09. The highest BCUT2D eigenvalue weighted by atomic mass is 16.4. The molecule has 2 heterocycles. The number of carbonyl (C=O) groups is 3. The summed E-state index contributed by atoms with van der Waals surface area (Å²) in [4.78, 5) is 39.2. The zero-order valence-corrected chi connectivity index (χ0v) is 15.6. The van der Waals surface area contributed by atoms with Crippen molar-refractivity contribution in [2.45, 2.75) is 39.2 Å². The number of fused-ring (bicyclic) bond motifs is 1. The van der Waals surface area contributed by atoms with Crippen molar-refractivity contribution in [1.82, 2.24) is 20.0 Å². The fraction of sp³-hybridized carbons (Fsp3) is 0.474. The van der Waals surface area contributed by atoms with Crippen LogP contribution in [0.5, 0.6) is 0 Å². The van der Waals surface area contributed by atoms with Crippen molar-refractivity contribution in [2.75, 3.05) is 19.6 Å². The second kappa shape index (κ2) is 7.77. The molecule has 0 bridgehead atoms. The van der Waals surface area contributed by atoms with E-state index >= 15 is 0 Å². The van der Waals surface area contributed by atoms with E-state index in [4.69, 9.17) is 5.11 Å². The summed E-state index contributed by atoms with van der Waals surface area (Å²) in [6, 6.07) is 3.67. The van der Waals surface area contributed by atoms with Crippen LogP contribution >= 0.6 is 0 Å². The van der Waals surface area contributed by atoms with E-state index < -0.39 is 5.97 Å². The van der Waals surface area contributed by atoms with Gasteiger partial charge in [-0.25, -0.2) is 0 Å². The van der Waals surface area contributed by atoms with Crippen LogP contribution in [-0.4, -0.2) is 68.6 Å². The molecule has 1 saturated heterocycles. The van der Waals surface area contributed by atoms with Gasteiger partial charge < -0.3 is 14.9 Å². The summed E-state index contributed by atoms with van der Waals surface area (Å²) in [5.74, 6) is -1.34. The van der Waals surface area contributed by atoms with Gasteiger partial charge in [-0.05, 0) is 43.9 Å².